The number of sulfonamides is 1. The number of aromatic carboxylic acids is 1. The molecule has 0 radical (unpaired) electrons. The van der Waals surface area contributed by atoms with Gasteiger partial charge in [-0.05, 0) is 24.6 Å². The minimum Gasteiger partial charge on any atom is -0.476 e. The van der Waals surface area contributed by atoms with Gasteiger partial charge in [0.15, 0.2) is 5.69 Å². The summed E-state index contributed by atoms with van der Waals surface area (Å²) in [6.45, 7) is 1.59. The van der Waals surface area contributed by atoms with E-state index in [-0.39, 0.29) is 17.1 Å². The van der Waals surface area contributed by atoms with Crippen LogP contribution in [-0.2, 0) is 16.6 Å². The molecule has 0 atom stereocenters. The smallest absolute Gasteiger partial charge is 0.355 e. The summed E-state index contributed by atoms with van der Waals surface area (Å²) in [4.78, 5) is 14.6. The molecule has 0 unspecified atom stereocenters. The molecule has 0 bridgehead atoms. The fourth-order valence-corrected chi connectivity index (χ4v) is 3.88. The SMILES string of the molecule is Cc1ccc(Cl)cc1S(=O)(=O)NCc1nc(C(=O)O)cs1. The zero-order valence-corrected chi connectivity index (χ0v) is 13.2. The Hall–Kier alpha value is -1.48. The van der Waals surface area contributed by atoms with Gasteiger partial charge in [0, 0.05) is 10.4 Å². The molecule has 0 amide bonds. The van der Waals surface area contributed by atoms with E-state index >= 15 is 0 Å². The maximum Gasteiger partial charge on any atom is 0.355 e. The average Bonchev–Trinajstić information content (AvgIpc) is 2.88. The lowest BCUT2D eigenvalue weighted by Crippen LogP contribution is -2.24. The summed E-state index contributed by atoms with van der Waals surface area (Å²) in [6, 6.07) is 4.59. The summed E-state index contributed by atoms with van der Waals surface area (Å²) in [5.41, 5.74) is 0.463. The summed E-state index contributed by atoms with van der Waals surface area (Å²) in [7, 11) is -3.74. The number of aryl methyl sites for hydroxylation is 1. The van der Waals surface area contributed by atoms with Crippen LogP contribution >= 0.6 is 22.9 Å². The van der Waals surface area contributed by atoms with Crippen LogP contribution in [0.15, 0.2) is 28.5 Å². The lowest BCUT2D eigenvalue weighted by molar-refractivity contribution is 0.0691. The van der Waals surface area contributed by atoms with Crippen molar-refractivity contribution in [3.8, 4) is 0 Å². The number of benzene rings is 1. The van der Waals surface area contributed by atoms with Gasteiger partial charge in [0.05, 0.1) is 11.4 Å². The van der Waals surface area contributed by atoms with E-state index in [0.717, 1.165) is 11.3 Å². The molecule has 0 aliphatic heterocycles. The van der Waals surface area contributed by atoms with Crippen molar-refractivity contribution in [3.05, 3.63) is 44.9 Å². The molecule has 0 aliphatic rings. The van der Waals surface area contributed by atoms with E-state index in [1.54, 1.807) is 19.1 Å². The van der Waals surface area contributed by atoms with Gasteiger partial charge in [-0.3, -0.25) is 0 Å². The third kappa shape index (κ3) is 3.79. The second-order valence-corrected chi connectivity index (χ2v) is 7.28. The van der Waals surface area contributed by atoms with Crippen molar-refractivity contribution in [2.45, 2.75) is 18.4 Å². The van der Waals surface area contributed by atoms with Crippen molar-refractivity contribution in [2.75, 3.05) is 0 Å². The van der Waals surface area contributed by atoms with Crippen LogP contribution in [0.3, 0.4) is 0 Å². The predicted molar refractivity (Wildman–Crippen MR) is 79.3 cm³/mol. The van der Waals surface area contributed by atoms with Gasteiger partial charge in [-0.2, -0.15) is 0 Å². The molecule has 2 rings (SSSR count). The molecule has 2 aromatic rings. The van der Waals surface area contributed by atoms with Crippen LogP contribution in [0.4, 0.5) is 0 Å². The zero-order valence-electron chi connectivity index (χ0n) is 10.8. The number of carboxylic acid groups (broad SMARTS) is 1. The quantitative estimate of drug-likeness (QED) is 0.865. The molecule has 1 aromatic carbocycles. The molecule has 0 spiro atoms. The van der Waals surface area contributed by atoms with E-state index in [4.69, 9.17) is 16.7 Å². The number of hydrogen-bond acceptors (Lipinski definition) is 5. The van der Waals surface area contributed by atoms with Gasteiger partial charge in [0.1, 0.15) is 5.01 Å². The van der Waals surface area contributed by atoms with Crippen LogP contribution in [0.1, 0.15) is 21.1 Å². The van der Waals surface area contributed by atoms with Crippen LogP contribution in [0.25, 0.3) is 0 Å². The first-order valence-corrected chi connectivity index (χ1v) is 8.47. The van der Waals surface area contributed by atoms with Gasteiger partial charge in [-0.25, -0.2) is 22.9 Å². The number of nitrogens with one attached hydrogen (secondary N) is 1. The molecule has 0 saturated carbocycles. The minimum atomic E-state index is -3.74. The summed E-state index contributed by atoms with van der Waals surface area (Å²) in [5.74, 6) is -1.15. The first kappa shape index (κ1) is 15.9. The third-order valence-corrected chi connectivity index (χ3v) is 5.25. The first-order chi connectivity index (χ1) is 9.79. The molecule has 0 aliphatic carbocycles. The second-order valence-electron chi connectivity index (χ2n) is 4.17. The van der Waals surface area contributed by atoms with Crippen LogP contribution < -0.4 is 4.72 Å². The molecule has 0 fully saturated rings. The molecule has 2 N–H and O–H groups in total. The first-order valence-electron chi connectivity index (χ1n) is 5.73. The summed E-state index contributed by atoms with van der Waals surface area (Å²) >= 11 is 6.89. The molecule has 21 heavy (non-hydrogen) atoms. The van der Waals surface area contributed by atoms with E-state index in [1.807, 2.05) is 0 Å². The summed E-state index contributed by atoms with van der Waals surface area (Å²) in [5, 5.41) is 10.8. The maximum absolute atomic E-state index is 12.2. The Morgan fingerprint density at radius 1 is 1.48 bits per heavy atom. The fraction of sp³-hybridized carbons (Fsp3) is 0.167. The molecular formula is C12H11ClN2O4S2. The maximum atomic E-state index is 12.2. The Kier molecular flexibility index (Phi) is 4.62. The molecule has 1 heterocycles. The number of carbonyl (C=O) groups is 1. The molecule has 0 saturated heterocycles. The number of carboxylic acids is 1. The average molecular weight is 347 g/mol. The van der Waals surface area contributed by atoms with E-state index < -0.39 is 16.0 Å². The minimum absolute atomic E-state index is 0.0771. The number of rotatable bonds is 5. The van der Waals surface area contributed by atoms with Crippen LogP contribution in [0, 0.1) is 6.92 Å². The van der Waals surface area contributed by atoms with Crippen molar-refractivity contribution in [1.29, 1.82) is 0 Å². The van der Waals surface area contributed by atoms with Crippen molar-refractivity contribution in [2.24, 2.45) is 0 Å². The van der Waals surface area contributed by atoms with Gasteiger partial charge in [0.25, 0.3) is 0 Å². The molecule has 9 heteroatoms. The summed E-state index contributed by atoms with van der Waals surface area (Å²) < 4.78 is 26.8. The predicted octanol–water partition coefficient (Wildman–Crippen LogP) is 2.28. The second kappa shape index (κ2) is 6.10. The Labute approximate surface area is 130 Å². The van der Waals surface area contributed by atoms with Crippen molar-refractivity contribution in [3.63, 3.8) is 0 Å². The van der Waals surface area contributed by atoms with Gasteiger partial charge in [-0.15, -0.1) is 11.3 Å². The van der Waals surface area contributed by atoms with Crippen molar-refractivity contribution in [1.82, 2.24) is 9.71 Å². The molecule has 6 nitrogen and oxygen atoms in total. The van der Waals surface area contributed by atoms with Gasteiger partial charge in [0.2, 0.25) is 10.0 Å². The number of thiazole rings is 1. The number of aromatic nitrogens is 1. The lowest BCUT2D eigenvalue weighted by Gasteiger charge is -2.08. The van der Waals surface area contributed by atoms with Crippen LogP contribution in [-0.4, -0.2) is 24.5 Å². The highest BCUT2D eigenvalue weighted by Crippen LogP contribution is 2.20. The topological polar surface area (TPSA) is 96.4 Å². The fourth-order valence-electron chi connectivity index (χ4n) is 1.59. The molecular weight excluding hydrogens is 336 g/mol. The van der Waals surface area contributed by atoms with Crippen molar-refractivity contribution < 1.29 is 18.3 Å². The van der Waals surface area contributed by atoms with Crippen LogP contribution in [0.2, 0.25) is 5.02 Å². The highest BCUT2D eigenvalue weighted by atomic mass is 35.5. The summed E-state index contributed by atoms with van der Waals surface area (Å²) in [6.07, 6.45) is 0. The lowest BCUT2D eigenvalue weighted by atomic mass is 10.2. The third-order valence-electron chi connectivity index (χ3n) is 2.62. The van der Waals surface area contributed by atoms with Crippen LogP contribution in [0.5, 0.6) is 0 Å². The Morgan fingerprint density at radius 3 is 2.81 bits per heavy atom. The van der Waals surface area contributed by atoms with E-state index in [1.165, 1.54) is 11.4 Å². The van der Waals surface area contributed by atoms with Gasteiger partial charge >= 0.3 is 5.97 Å². The zero-order chi connectivity index (χ0) is 15.6. The Balaban J connectivity index is 2.17. The van der Waals surface area contributed by atoms with Gasteiger partial charge < -0.3 is 5.11 Å². The van der Waals surface area contributed by atoms with Crippen molar-refractivity contribution >= 4 is 38.9 Å². The monoisotopic (exact) mass is 346 g/mol. The van der Waals surface area contributed by atoms with E-state index in [2.05, 4.69) is 9.71 Å². The highest BCUT2D eigenvalue weighted by Gasteiger charge is 2.18. The Bertz CT molecular complexity index is 786. The number of hydrogen-bond donors (Lipinski definition) is 2. The largest absolute Gasteiger partial charge is 0.476 e. The molecule has 112 valence electrons. The number of halogens is 1. The Morgan fingerprint density at radius 2 is 2.19 bits per heavy atom. The molecule has 1 aromatic heterocycles. The standard InChI is InChI=1S/C12H11ClN2O4S2/c1-7-2-3-8(13)4-10(7)21(18,19)14-5-11-15-9(6-20-11)12(16)17/h2-4,6,14H,5H2,1H3,(H,16,17). The van der Waals surface area contributed by atoms with E-state index in [0.29, 0.717) is 15.6 Å². The normalized spacial score (nSPS) is 11.5. The van der Waals surface area contributed by atoms with E-state index in [9.17, 15) is 13.2 Å². The van der Waals surface area contributed by atoms with Gasteiger partial charge in [-0.1, -0.05) is 17.7 Å². The highest BCUT2D eigenvalue weighted by molar-refractivity contribution is 7.89. The number of nitrogens with zero attached hydrogens (tertiary/aromatic N) is 1.